The van der Waals surface area contributed by atoms with Crippen LogP contribution < -0.4 is 5.49 Å². The van der Waals surface area contributed by atoms with Crippen LogP contribution >= 0.6 is 11.6 Å². The van der Waals surface area contributed by atoms with Crippen molar-refractivity contribution in [1.82, 2.24) is 9.55 Å². The molecule has 0 aliphatic carbocycles. The summed E-state index contributed by atoms with van der Waals surface area (Å²) in [5, 5.41) is 8.44. The maximum Gasteiger partial charge on any atom is 0.132 e. The number of rotatable bonds is 1. The maximum absolute atomic E-state index is 7.99. The number of halogens is 1. The van der Waals surface area contributed by atoms with Crippen molar-refractivity contribution >= 4 is 11.6 Å². The van der Waals surface area contributed by atoms with Crippen molar-refractivity contribution in [1.29, 1.82) is 5.41 Å². The van der Waals surface area contributed by atoms with Gasteiger partial charge in [0.25, 0.3) is 0 Å². The molecule has 4 heteroatoms. The standard InChI is InChI=1S/C12H12ClN3/c1-8-5-9(2)12(14)16(7-8)10-3-4-11(13)15-6-10/h3-7,14H,1-2H3. The van der Waals surface area contributed by atoms with Gasteiger partial charge < -0.3 is 4.57 Å². The number of hydrogen-bond acceptors (Lipinski definition) is 2. The zero-order valence-electron chi connectivity index (χ0n) is 9.16. The highest BCUT2D eigenvalue weighted by molar-refractivity contribution is 6.29. The molecule has 0 amide bonds. The number of hydrogen-bond donors (Lipinski definition) is 1. The summed E-state index contributed by atoms with van der Waals surface area (Å²) in [5.41, 5.74) is 3.37. The first kappa shape index (κ1) is 10.9. The van der Waals surface area contributed by atoms with Crippen LogP contribution in [0.15, 0.2) is 30.6 Å². The average molecular weight is 234 g/mol. The SMILES string of the molecule is Cc1cc(C)c(=N)n(-c2ccc(Cl)nc2)c1. The van der Waals surface area contributed by atoms with Crippen molar-refractivity contribution in [2.45, 2.75) is 13.8 Å². The lowest BCUT2D eigenvalue weighted by Crippen LogP contribution is -2.20. The number of aryl methyl sites for hydroxylation is 2. The Morgan fingerprint density at radius 3 is 2.69 bits per heavy atom. The Morgan fingerprint density at radius 2 is 2.06 bits per heavy atom. The molecule has 1 N–H and O–H groups in total. The quantitative estimate of drug-likeness (QED) is 0.756. The number of nitrogens with zero attached hydrogens (tertiary/aromatic N) is 2. The molecule has 0 aliphatic rings. The van der Waals surface area contributed by atoms with E-state index in [1.165, 1.54) is 0 Å². The largest absolute Gasteiger partial charge is 0.300 e. The maximum atomic E-state index is 7.99. The zero-order chi connectivity index (χ0) is 11.7. The molecule has 0 aromatic carbocycles. The first-order valence-electron chi connectivity index (χ1n) is 4.94. The first-order valence-corrected chi connectivity index (χ1v) is 5.32. The van der Waals surface area contributed by atoms with Gasteiger partial charge >= 0.3 is 0 Å². The predicted molar refractivity (Wildman–Crippen MR) is 63.9 cm³/mol. The van der Waals surface area contributed by atoms with Crippen LogP contribution in [0, 0.1) is 19.3 Å². The third-order valence-electron chi connectivity index (χ3n) is 2.38. The monoisotopic (exact) mass is 233 g/mol. The van der Waals surface area contributed by atoms with Gasteiger partial charge in [0.05, 0.1) is 11.9 Å². The Morgan fingerprint density at radius 1 is 1.31 bits per heavy atom. The van der Waals surface area contributed by atoms with E-state index in [2.05, 4.69) is 4.98 Å². The van der Waals surface area contributed by atoms with Gasteiger partial charge in [0.15, 0.2) is 0 Å². The molecular weight excluding hydrogens is 222 g/mol. The van der Waals surface area contributed by atoms with Gasteiger partial charge in [0, 0.05) is 6.20 Å². The summed E-state index contributed by atoms with van der Waals surface area (Å²) in [6, 6.07) is 5.56. The molecule has 0 aliphatic heterocycles. The number of nitrogens with one attached hydrogen (secondary N) is 1. The van der Waals surface area contributed by atoms with Gasteiger partial charge in [0.1, 0.15) is 10.6 Å². The van der Waals surface area contributed by atoms with Gasteiger partial charge in [0.2, 0.25) is 0 Å². The molecule has 0 atom stereocenters. The molecule has 2 aromatic rings. The minimum Gasteiger partial charge on any atom is -0.300 e. The lowest BCUT2D eigenvalue weighted by molar-refractivity contribution is 0.889. The normalized spacial score (nSPS) is 10.4. The summed E-state index contributed by atoms with van der Waals surface area (Å²) >= 11 is 5.73. The molecule has 0 spiro atoms. The molecule has 0 saturated carbocycles. The second kappa shape index (κ2) is 4.10. The number of pyridine rings is 2. The fraction of sp³-hybridized carbons (Fsp3) is 0.167. The van der Waals surface area contributed by atoms with Crippen LogP contribution in [0.4, 0.5) is 0 Å². The minimum atomic E-state index is 0.459. The highest BCUT2D eigenvalue weighted by Gasteiger charge is 2.01. The third-order valence-corrected chi connectivity index (χ3v) is 2.60. The zero-order valence-corrected chi connectivity index (χ0v) is 9.92. The van der Waals surface area contributed by atoms with Gasteiger partial charge in [-0.3, -0.25) is 5.41 Å². The molecule has 0 fully saturated rings. The van der Waals surface area contributed by atoms with Crippen LogP contribution in [0.2, 0.25) is 5.15 Å². The first-order chi connectivity index (χ1) is 7.58. The van der Waals surface area contributed by atoms with Crippen LogP contribution in [-0.2, 0) is 0 Å². The molecule has 82 valence electrons. The van der Waals surface area contributed by atoms with Crippen molar-refractivity contribution in [2.75, 3.05) is 0 Å². The molecular formula is C12H12ClN3. The summed E-state index contributed by atoms with van der Waals surface area (Å²) in [4.78, 5) is 4.02. The van der Waals surface area contributed by atoms with E-state index in [4.69, 9.17) is 17.0 Å². The average Bonchev–Trinajstić information content (AvgIpc) is 2.25. The van der Waals surface area contributed by atoms with E-state index in [0.29, 0.717) is 10.6 Å². The molecule has 0 radical (unpaired) electrons. The summed E-state index contributed by atoms with van der Waals surface area (Å²) in [7, 11) is 0. The highest BCUT2D eigenvalue weighted by atomic mass is 35.5. The van der Waals surface area contributed by atoms with Crippen LogP contribution in [0.3, 0.4) is 0 Å². The van der Waals surface area contributed by atoms with Gasteiger partial charge in [-0.25, -0.2) is 4.98 Å². The minimum absolute atomic E-state index is 0.459. The molecule has 16 heavy (non-hydrogen) atoms. The molecule has 2 aromatic heterocycles. The van der Waals surface area contributed by atoms with E-state index in [1.54, 1.807) is 16.8 Å². The van der Waals surface area contributed by atoms with E-state index in [0.717, 1.165) is 16.8 Å². The molecule has 2 heterocycles. The highest BCUT2D eigenvalue weighted by Crippen LogP contribution is 2.09. The van der Waals surface area contributed by atoms with Crippen LogP contribution in [0.25, 0.3) is 5.69 Å². The Balaban J connectivity index is 2.64. The second-order valence-corrected chi connectivity index (χ2v) is 4.15. The predicted octanol–water partition coefficient (Wildman–Crippen LogP) is 2.62. The molecule has 2 rings (SSSR count). The lowest BCUT2D eigenvalue weighted by Gasteiger charge is -2.09. The van der Waals surface area contributed by atoms with E-state index < -0.39 is 0 Å². The summed E-state index contributed by atoms with van der Waals surface area (Å²) < 4.78 is 1.80. The van der Waals surface area contributed by atoms with Gasteiger partial charge in [-0.05, 0) is 37.1 Å². The number of aromatic nitrogens is 2. The second-order valence-electron chi connectivity index (χ2n) is 3.76. The summed E-state index contributed by atoms with van der Waals surface area (Å²) in [6.07, 6.45) is 3.58. The lowest BCUT2D eigenvalue weighted by atomic mass is 10.2. The Labute approximate surface area is 98.9 Å². The van der Waals surface area contributed by atoms with Crippen LogP contribution in [0.5, 0.6) is 0 Å². The van der Waals surface area contributed by atoms with Crippen molar-refractivity contribution in [2.24, 2.45) is 0 Å². The van der Waals surface area contributed by atoms with Crippen molar-refractivity contribution in [3.05, 3.63) is 52.4 Å². The van der Waals surface area contributed by atoms with Gasteiger partial charge in [-0.2, -0.15) is 0 Å². The fourth-order valence-corrected chi connectivity index (χ4v) is 1.73. The van der Waals surface area contributed by atoms with Crippen LogP contribution in [0.1, 0.15) is 11.1 Å². The fourth-order valence-electron chi connectivity index (χ4n) is 1.62. The van der Waals surface area contributed by atoms with Crippen LogP contribution in [-0.4, -0.2) is 9.55 Å². The van der Waals surface area contributed by atoms with Gasteiger partial charge in [-0.15, -0.1) is 0 Å². The van der Waals surface area contributed by atoms with Crippen molar-refractivity contribution < 1.29 is 0 Å². The van der Waals surface area contributed by atoms with Crippen molar-refractivity contribution in [3.63, 3.8) is 0 Å². The van der Waals surface area contributed by atoms with E-state index in [1.807, 2.05) is 32.2 Å². The topological polar surface area (TPSA) is 41.7 Å². The third kappa shape index (κ3) is 1.99. The van der Waals surface area contributed by atoms with E-state index in [-0.39, 0.29) is 0 Å². The molecule has 0 unspecified atom stereocenters. The van der Waals surface area contributed by atoms with Gasteiger partial charge in [-0.1, -0.05) is 17.7 Å². The molecule has 0 bridgehead atoms. The van der Waals surface area contributed by atoms with E-state index in [9.17, 15) is 0 Å². The smallest absolute Gasteiger partial charge is 0.132 e. The Bertz CT molecular complexity index is 570. The Hall–Kier alpha value is -1.61. The van der Waals surface area contributed by atoms with Crippen molar-refractivity contribution in [3.8, 4) is 5.69 Å². The Kier molecular flexibility index (Phi) is 2.79. The summed E-state index contributed by atoms with van der Waals surface area (Å²) in [6.45, 7) is 3.93. The summed E-state index contributed by atoms with van der Waals surface area (Å²) in [5.74, 6) is 0. The van der Waals surface area contributed by atoms with E-state index >= 15 is 0 Å². The molecule has 3 nitrogen and oxygen atoms in total. The molecule has 0 saturated heterocycles.